The molecule has 0 radical (unpaired) electrons. The Bertz CT molecular complexity index is 378. The first kappa shape index (κ1) is 16.7. The summed E-state index contributed by atoms with van der Waals surface area (Å²) in [4.78, 5) is 24.4. The van der Waals surface area contributed by atoms with E-state index >= 15 is 0 Å². The molecule has 1 saturated heterocycles. The first-order valence-corrected chi connectivity index (χ1v) is 7.09. The van der Waals surface area contributed by atoms with Gasteiger partial charge in [-0.3, -0.25) is 4.79 Å². The van der Waals surface area contributed by atoms with Crippen LogP contribution in [0.1, 0.15) is 40.0 Å². The lowest BCUT2D eigenvalue weighted by atomic mass is 9.99. The van der Waals surface area contributed by atoms with E-state index in [1.807, 2.05) is 6.08 Å². The molecule has 5 nitrogen and oxygen atoms in total. The average Bonchev–Trinajstić information content (AvgIpc) is 2.85. The largest absolute Gasteiger partial charge is 0.466 e. The first-order chi connectivity index (χ1) is 9.45. The molecule has 0 aliphatic carbocycles. The number of amides is 1. The summed E-state index contributed by atoms with van der Waals surface area (Å²) in [5, 5.41) is 0. The van der Waals surface area contributed by atoms with Crippen LogP contribution < -0.4 is 0 Å². The molecule has 1 heterocycles. The van der Waals surface area contributed by atoms with Gasteiger partial charge in [-0.25, -0.2) is 4.79 Å². The zero-order valence-corrected chi connectivity index (χ0v) is 12.8. The van der Waals surface area contributed by atoms with E-state index in [4.69, 9.17) is 4.74 Å². The van der Waals surface area contributed by atoms with Crippen molar-refractivity contribution in [3.05, 3.63) is 11.6 Å². The second-order valence-corrected chi connectivity index (χ2v) is 5.33. The zero-order chi connectivity index (χ0) is 15.1. The minimum absolute atomic E-state index is 0.0705. The van der Waals surface area contributed by atoms with Gasteiger partial charge in [0.15, 0.2) is 0 Å². The molecule has 1 fully saturated rings. The van der Waals surface area contributed by atoms with Crippen LogP contribution in [0.2, 0.25) is 0 Å². The molecule has 1 rings (SSSR count). The van der Waals surface area contributed by atoms with Gasteiger partial charge in [0.05, 0.1) is 13.7 Å². The Balaban J connectivity index is 2.35. The molecule has 20 heavy (non-hydrogen) atoms. The number of allylic oxidation sites excluding steroid dienone is 1. The number of nitrogens with zero attached hydrogens (tertiary/aromatic N) is 1. The van der Waals surface area contributed by atoms with E-state index in [0.717, 1.165) is 19.3 Å². The highest BCUT2D eigenvalue weighted by molar-refractivity contribution is 5.87. The Hall–Kier alpha value is -1.36. The van der Waals surface area contributed by atoms with Crippen LogP contribution in [0.3, 0.4) is 0 Å². The summed E-state index contributed by atoms with van der Waals surface area (Å²) in [5.41, 5.74) is 0.641. The fourth-order valence-corrected chi connectivity index (χ4v) is 2.37. The molecule has 2 unspecified atom stereocenters. The fourth-order valence-electron chi connectivity index (χ4n) is 2.37. The lowest BCUT2D eigenvalue weighted by molar-refractivity contribution is -0.136. The van der Waals surface area contributed by atoms with Crippen molar-refractivity contribution in [2.75, 3.05) is 20.3 Å². The number of rotatable bonds is 6. The molecule has 0 saturated carbocycles. The number of carbonyl (C=O) groups excluding carboxylic acids is 2. The normalized spacial score (nSPS) is 20.9. The van der Waals surface area contributed by atoms with Crippen LogP contribution in [0.5, 0.6) is 0 Å². The number of hydrogen-bond donors (Lipinski definition) is 0. The van der Waals surface area contributed by atoms with E-state index in [1.54, 1.807) is 18.7 Å². The molecule has 0 bridgehead atoms. The monoisotopic (exact) mass is 283 g/mol. The minimum Gasteiger partial charge on any atom is -0.466 e. The summed E-state index contributed by atoms with van der Waals surface area (Å²) in [6.07, 6.45) is 4.44. The Labute approximate surface area is 120 Å². The molecular weight excluding hydrogens is 258 g/mol. The van der Waals surface area contributed by atoms with Crippen LogP contribution in [0.15, 0.2) is 11.6 Å². The van der Waals surface area contributed by atoms with E-state index in [-0.39, 0.29) is 18.1 Å². The molecule has 2 atom stereocenters. The number of esters is 1. The van der Waals surface area contributed by atoms with Crippen LogP contribution >= 0.6 is 0 Å². The summed E-state index contributed by atoms with van der Waals surface area (Å²) < 4.78 is 10.2. The maximum atomic E-state index is 11.4. The van der Waals surface area contributed by atoms with Crippen molar-refractivity contribution < 1.29 is 19.1 Å². The maximum absolute atomic E-state index is 11.4. The van der Waals surface area contributed by atoms with E-state index in [0.29, 0.717) is 24.6 Å². The highest BCUT2D eigenvalue weighted by Gasteiger charge is 2.28. The molecule has 0 aromatic heterocycles. The van der Waals surface area contributed by atoms with E-state index in [1.165, 1.54) is 7.11 Å². The Morgan fingerprint density at radius 3 is 2.75 bits per heavy atom. The van der Waals surface area contributed by atoms with E-state index in [2.05, 4.69) is 11.7 Å². The molecule has 0 aromatic rings. The zero-order valence-electron chi connectivity index (χ0n) is 12.8. The molecule has 114 valence electrons. The van der Waals surface area contributed by atoms with Crippen LogP contribution in [-0.4, -0.2) is 43.3 Å². The smallest absolute Gasteiger partial charge is 0.333 e. The van der Waals surface area contributed by atoms with Crippen molar-refractivity contribution in [2.24, 2.45) is 5.92 Å². The summed E-state index contributed by atoms with van der Waals surface area (Å²) >= 11 is 0. The summed E-state index contributed by atoms with van der Waals surface area (Å²) in [7, 11) is 1.38. The molecule has 1 aliphatic heterocycles. The molecule has 0 spiro atoms. The fraction of sp³-hybridized carbons (Fsp3) is 0.733. The molecule has 0 N–H and O–H groups in total. The average molecular weight is 283 g/mol. The van der Waals surface area contributed by atoms with Crippen molar-refractivity contribution in [3.63, 3.8) is 0 Å². The van der Waals surface area contributed by atoms with Gasteiger partial charge < -0.3 is 14.4 Å². The van der Waals surface area contributed by atoms with Gasteiger partial charge in [-0.05, 0) is 32.1 Å². The summed E-state index contributed by atoms with van der Waals surface area (Å²) in [6.45, 7) is 6.79. The van der Waals surface area contributed by atoms with Gasteiger partial charge in [0, 0.05) is 19.0 Å². The standard InChI is InChI=1S/C15H25NO4/c1-11(6-5-7-12(2)15(18)19-4)10-14-16(13(3)17)8-9-20-14/h7,11,14H,5-6,8-10H2,1-4H3/b12-7+. The predicted octanol–water partition coefficient (Wildman–Crippen LogP) is 2.12. The predicted molar refractivity (Wildman–Crippen MR) is 75.9 cm³/mol. The molecule has 1 amide bonds. The Morgan fingerprint density at radius 1 is 1.45 bits per heavy atom. The Morgan fingerprint density at radius 2 is 2.15 bits per heavy atom. The topological polar surface area (TPSA) is 55.8 Å². The number of carbonyl (C=O) groups is 2. The number of hydrogen-bond acceptors (Lipinski definition) is 4. The van der Waals surface area contributed by atoms with Gasteiger partial charge in [0.25, 0.3) is 0 Å². The number of methoxy groups -OCH3 is 1. The van der Waals surface area contributed by atoms with Crippen molar-refractivity contribution in [1.82, 2.24) is 4.90 Å². The van der Waals surface area contributed by atoms with Gasteiger partial charge in [-0.1, -0.05) is 13.0 Å². The first-order valence-electron chi connectivity index (χ1n) is 7.09. The van der Waals surface area contributed by atoms with Crippen LogP contribution in [0.4, 0.5) is 0 Å². The second-order valence-electron chi connectivity index (χ2n) is 5.33. The van der Waals surface area contributed by atoms with Gasteiger partial charge in [0.2, 0.25) is 5.91 Å². The van der Waals surface area contributed by atoms with Crippen LogP contribution in [0.25, 0.3) is 0 Å². The maximum Gasteiger partial charge on any atom is 0.333 e. The summed E-state index contributed by atoms with van der Waals surface area (Å²) in [6, 6.07) is 0. The number of ether oxygens (including phenoxy) is 2. The molecule has 0 aromatic carbocycles. The van der Waals surface area contributed by atoms with Crippen molar-refractivity contribution in [1.29, 1.82) is 0 Å². The lowest BCUT2D eigenvalue weighted by Gasteiger charge is -2.24. The summed E-state index contributed by atoms with van der Waals surface area (Å²) in [5.74, 6) is 0.224. The lowest BCUT2D eigenvalue weighted by Crippen LogP contribution is -2.35. The van der Waals surface area contributed by atoms with Crippen LogP contribution in [-0.2, 0) is 19.1 Å². The van der Waals surface area contributed by atoms with Gasteiger partial charge in [-0.15, -0.1) is 0 Å². The van der Waals surface area contributed by atoms with E-state index in [9.17, 15) is 9.59 Å². The third-order valence-corrected chi connectivity index (χ3v) is 3.62. The molecular formula is C15H25NO4. The Kier molecular flexibility index (Phi) is 6.71. The van der Waals surface area contributed by atoms with E-state index < -0.39 is 0 Å². The molecule has 5 heteroatoms. The second kappa shape index (κ2) is 8.04. The van der Waals surface area contributed by atoms with Crippen LogP contribution in [0, 0.1) is 5.92 Å². The van der Waals surface area contributed by atoms with Gasteiger partial charge in [0.1, 0.15) is 6.23 Å². The van der Waals surface area contributed by atoms with Crippen molar-refractivity contribution in [3.8, 4) is 0 Å². The van der Waals surface area contributed by atoms with Crippen molar-refractivity contribution >= 4 is 11.9 Å². The van der Waals surface area contributed by atoms with Gasteiger partial charge in [-0.2, -0.15) is 0 Å². The highest BCUT2D eigenvalue weighted by atomic mass is 16.5. The quantitative estimate of drug-likeness (QED) is 0.553. The molecule has 1 aliphatic rings. The van der Waals surface area contributed by atoms with Gasteiger partial charge >= 0.3 is 5.97 Å². The third-order valence-electron chi connectivity index (χ3n) is 3.62. The SMILES string of the molecule is COC(=O)/C(C)=C/CCC(C)CC1OCCN1C(C)=O. The minimum atomic E-state index is -0.278. The third kappa shape index (κ3) is 4.96. The van der Waals surface area contributed by atoms with Crippen molar-refractivity contribution in [2.45, 2.75) is 46.3 Å². The highest BCUT2D eigenvalue weighted by Crippen LogP contribution is 2.21.